The molecule has 0 aliphatic rings. The van der Waals surface area contributed by atoms with Gasteiger partial charge in [0.15, 0.2) is 0 Å². The molecule has 0 saturated carbocycles. The van der Waals surface area contributed by atoms with Crippen LogP contribution in [0.3, 0.4) is 0 Å². The second kappa shape index (κ2) is 8.17. The van der Waals surface area contributed by atoms with Gasteiger partial charge >= 0.3 is 0 Å². The van der Waals surface area contributed by atoms with Crippen molar-refractivity contribution in [2.75, 3.05) is 16.8 Å². The summed E-state index contributed by atoms with van der Waals surface area (Å²) < 4.78 is 0. The number of nitrogens with zero attached hydrogens (tertiary/aromatic N) is 1. The summed E-state index contributed by atoms with van der Waals surface area (Å²) >= 11 is 6.05. The molecule has 0 radical (unpaired) electrons. The van der Waals surface area contributed by atoms with E-state index in [9.17, 15) is 9.59 Å². The van der Waals surface area contributed by atoms with Crippen LogP contribution in [0.4, 0.5) is 11.4 Å². The largest absolute Gasteiger partial charge is 0.326 e. The Labute approximate surface area is 153 Å². The zero-order valence-corrected chi connectivity index (χ0v) is 15.8. The van der Waals surface area contributed by atoms with Gasteiger partial charge in [-0.15, -0.1) is 0 Å². The van der Waals surface area contributed by atoms with Gasteiger partial charge in [-0.3, -0.25) is 9.59 Å². The van der Waals surface area contributed by atoms with E-state index in [4.69, 9.17) is 11.6 Å². The molecule has 2 aromatic carbocycles. The van der Waals surface area contributed by atoms with Crippen LogP contribution in [0.2, 0.25) is 5.02 Å². The summed E-state index contributed by atoms with van der Waals surface area (Å²) in [4.78, 5) is 25.9. The molecule has 0 unspecified atom stereocenters. The van der Waals surface area contributed by atoms with E-state index in [-0.39, 0.29) is 18.2 Å². The molecule has 25 heavy (non-hydrogen) atoms. The van der Waals surface area contributed by atoms with Gasteiger partial charge in [-0.05, 0) is 55.7 Å². The molecule has 2 amide bonds. The number of nitrogens with one attached hydrogen (secondary N) is 1. The molecule has 0 aliphatic carbocycles. The average molecular weight is 359 g/mol. The first-order valence-corrected chi connectivity index (χ1v) is 8.57. The summed E-state index contributed by atoms with van der Waals surface area (Å²) in [6.45, 7) is 7.63. The molecule has 1 N–H and O–H groups in total. The highest BCUT2D eigenvalue weighted by molar-refractivity contribution is 6.31. The van der Waals surface area contributed by atoms with E-state index in [1.54, 1.807) is 17.0 Å². The molecule has 132 valence electrons. The first-order chi connectivity index (χ1) is 11.8. The normalized spacial score (nSPS) is 10.4. The van der Waals surface area contributed by atoms with Gasteiger partial charge in [-0.1, -0.05) is 29.8 Å². The number of benzene rings is 2. The highest BCUT2D eigenvalue weighted by atomic mass is 35.5. The predicted molar refractivity (Wildman–Crippen MR) is 103 cm³/mol. The van der Waals surface area contributed by atoms with E-state index in [0.29, 0.717) is 11.6 Å². The lowest BCUT2D eigenvalue weighted by atomic mass is 10.1. The van der Waals surface area contributed by atoms with E-state index >= 15 is 0 Å². The number of hydrogen-bond acceptors (Lipinski definition) is 2. The third-order valence-electron chi connectivity index (χ3n) is 4.07. The van der Waals surface area contributed by atoms with Crippen molar-refractivity contribution in [3.63, 3.8) is 0 Å². The van der Waals surface area contributed by atoms with Crippen molar-refractivity contribution in [2.24, 2.45) is 0 Å². The third kappa shape index (κ3) is 5.07. The van der Waals surface area contributed by atoms with Crippen LogP contribution in [-0.4, -0.2) is 18.4 Å². The predicted octanol–water partition coefficient (Wildman–Crippen LogP) is 4.65. The number of amides is 2. The minimum Gasteiger partial charge on any atom is -0.326 e. The van der Waals surface area contributed by atoms with Crippen LogP contribution < -0.4 is 10.2 Å². The fourth-order valence-electron chi connectivity index (χ4n) is 2.62. The van der Waals surface area contributed by atoms with E-state index in [2.05, 4.69) is 5.32 Å². The Morgan fingerprint density at radius 1 is 1.04 bits per heavy atom. The van der Waals surface area contributed by atoms with Crippen LogP contribution in [-0.2, 0) is 9.59 Å². The van der Waals surface area contributed by atoms with E-state index in [1.807, 2.05) is 45.0 Å². The Morgan fingerprint density at radius 3 is 2.40 bits per heavy atom. The van der Waals surface area contributed by atoms with Gasteiger partial charge in [0.2, 0.25) is 11.8 Å². The van der Waals surface area contributed by atoms with E-state index in [0.717, 1.165) is 28.1 Å². The molecule has 0 fully saturated rings. The Bertz CT molecular complexity index is 802. The smallest absolute Gasteiger partial charge is 0.226 e. The van der Waals surface area contributed by atoms with Crippen molar-refractivity contribution in [1.29, 1.82) is 0 Å². The molecule has 2 aromatic rings. The van der Waals surface area contributed by atoms with Crippen molar-refractivity contribution in [3.05, 3.63) is 58.1 Å². The number of anilines is 2. The Hall–Kier alpha value is -2.33. The lowest BCUT2D eigenvalue weighted by Gasteiger charge is -2.23. The SMILES string of the molecule is CC(=O)N(CCC(=O)Nc1cc(C)ccc1C)c1cc(Cl)ccc1C. The first-order valence-electron chi connectivity index (χ1n) is 8.19. The van der Waals surface area contributed by atoms with Gasteiger partial charge in [0.1, 0.15) is 0 Å². The Balaban J connectivity index is 2.08. The number of carbonyl (C=O) groups is 2. The molecular formula is C20H23ClN2O2. The average Bonchev–Trinajstić information content (AvgIpc) is 2.54. The van der Waals surface area contributed by atoms with Gasteiger partial charge in [-0.25, -0.2) is 0 Å². The van der Waals surface area contributed by atoms with Crippen LogP contribution in [0.5, 0.6) is 0 Å². The van der Waals surface area contributed by atoms with Crippen LogP contribution in [0, 0.1) is 20.8 Å². The molecular weight excluding hydrogens is 336 g/mol. The molecule has 0 heterocycles. The van der Waals surface area contributed by atoms with Gasteiger partial charge < -0.3 is 10.2 Å². The maximum Gasteiger partial charge on any atom is 0.226 e. The summed E-state index contributed by atoms with van der Waals surface area (Å²) in [6.07, 6.45) is 0.207. The molecule has 0 bridgehead atoms. The third-order valence-corrected chi connectivity index (χ3v) is 4.31. The highest BCUT2D eigenvalue weighted by Crippen LogP contribution is 2.25. The van der Waals surface area contributed by atoms with E-state index in [1.165, 1.54) is 6.92 Å². The molecule has 5 heteroatoms. The van der Waals surface area contributed by atoms with Gasteiger partial charge in [0.25, 0.3) is 0 Å². The molecule has 0 atom stereocenters. The van der Waals surface area contributed by atoms with Crippen molar-refractivity contribution in [1.82, 2.24) is 0 Å². The molecule has 0 aromatic heterocycles. The van der Waals surface area contributed by atoms with Gasteiger partial charge in [0, 0.05) is 36.3 Å². The van der Waals surface area contributed by atoms with Crippen molar-refractivity contribution in [2.45, 2.75) is 34.1 Å². The summed E-state index contributed by atoms with van der Waals surface area (Å²) in [7, 11) is 0. The number of carbonyl (C=O) groups excluding carboxylic acids is 2. The second-order valence-electron chi connectivity index (χ2n) is 6.22. The minimum absolute atomic E-state index is 0.120. The second-order valence-corrected chi connectivity index (χ2v) is 6.65. The maximum atomic E-state index is 12.3. The van der Waals surface area contributed by atoms with Gasteiger partial charge in [-0.2, -0.15) is 0 Å². The van der Waals surface area contributed by atoms with Crippen LogP contribution in [0.1, 0.15) is 30.0 Å². The summed E-state index contributed by atoms with van der Waals surface area (Å²) in [6, 6.07) is 11.3. The standard InChI is InChI=1S/C20H23ClN2O2/c1-13-5-6-14(2)18(11-13)22-20(25)9-10-23(16(4)24)19-12-17(21)8-7-15(19)3/h5-8,11-12H,9-10H2,1-4H3,(H,22,25). The molecule has 2 rings (SSSR count). The topological polar surface area (TPSA) is 49.4 Å². The van der Waals surface area contributed by atoms with Crippen molar-refractivity contribution < 1.29 is 9.59 Å². The Kier molecular flexibility index (Phi) is 6.21. The first kappa shape index (κ1) is 19.0. The molecule has 0 saturated heterocycles. The quantitative estimate of drug-likeness (QED) is 0.845. The minimum atomic E-state index is -0.125. The Morgan fingerprint density at radius 2 is 1.72 bits per heavy atom. The lowest BCUT2D eigenvalue weighted by molar-refractivity contribution is -0.117. The number of rotatable bonds is 5. The zero-order valence-electron chi connectivity index (χ0n) is 15.0. The fraction of sp³-hybridized carbons (Fsp3) is 0.300. The molecule has 4 nitrogen and oxygen atoms in total. The van der Waals surface area contributed by atoms with Crippen molar-refractivity contribution >= 4 is 34.8 Å². The molecule has 0 aliphatic heterocycles. The van der Waals surface area contributed by atoms with Crippen molar-refractivity contribution in [3.8, 4) is 0 Å². The van der Waals surface area contributed by atoms with Crippen LogP contribution >= 0.6 is 11.6 Å². The lowest BCUT2D eigenvalue weighted by Crippen LogP contribution is -2.32. The zero-order chi connectivity index (χ0) is 18.6. The van der Waals surface area contributed by atoms with Crippen LogP contribution in [0.15, 0.2) is 36.4 Å². The number of halogens is 1. The summed E-state index contributed by atoms with van der Waals surface area (Å²) in [5.74, 6) is -0.246. The van der Waals surface area contributed by atoms with Gasteiger partial charge in [0.05, 0.1) is 0 Å². The number of hydrogen-bond donors (Lipinski definition) is 1. The monoisotopic (exact) mass is 358 g/mol. The van der Waals surface area contributed by atoms with Crippen LogP contribution in [0.25, 0.3) is 0 Å². The molecule has 0 spiro atoms. The fourth-order valence-corrected chi connectivity index (χ4v) is 2.78. The summed E-state index contributed by atoms with van der Waals surface area (Å²) in [5.41, 5.74) is 4.57. The van der Waals surface area contributed by atoms with E-state index < -0.39 is 0 Å². The maximum absolute atomic E-state index is 12.3. The summed E-state index contributed by atoms with van der Waals surface area (Å²) in [5, 5.41) is 3.48. The number of aryl methyl sites for hydroxylation is 3. The highest BCUT2D eigenvalue weighted by Gasteiger charge is 2.16.